The summed E-state index contributed by atoms with van der Waals surface area (Å²) in [6.07, 6.45) is 1.38. The van der Waals surface area contributed by atoms with Crippen molar-refractivity contribution in [2.24, 2.45) is 5.10 Å². The molecule has 0 radical (unpaired) electrons. The third-order valence-electron chi connectivity index (χ3n) is 5.12. The Labute approximate surface area is 213 Å². The maximum atomic E-state index is 12.7. The summed E-state index contributed by atoms with van der Waals surface area (Å²) in [6.45, 7) is 1.69. The highest BCUT2D eigenvalue weighted by Gasteiger charge is 2.14. The van der Waals surface area contributed by atoms with E-state index in [-0.39, 0.29) is 12.5 Å². The fourth-order valence-electron chi connectivity index (χ4n) is 3.37. The topological polar surface area (TPSA) is 115 Å². The molecule has 0 atom stereocenters. The molecule has 0 bridgehead atoms. The van der Waals surface area contributed by atoms with Crippen LogP contribution >= 0.6 is 22.6 Å². The van der Waals surface area contributed by atoms with Crippen LogP contribution in [-0.4, -0.2) is 35.5 Å². The quantitative estimate of drug-likeness (QED) is 0.255. The first kappa shape index (κ1) is 24.2. The van der Waals surface area contributed by atoms with Gasteiger partial charge in [-0.25, -0.2) is 4.79 Å². The number of nitrogens with one attached hydrogen (secondary N) is 2. The van der Waals surface area contributed by atoms with Crippen molar-refractivity contribution in [1.29, 1.82) is 0 Å². The van der Waals surface area contributed by atoms with E-state index in [4.69, 9.17) is 9.47 Å². The van der Waals surface area contributed by atoms with Crippen LogP contribution < -0.4 is 26.0 Å². The molecule has 0 spiro atoms. The number of benzene rings is 3. The lowest BCUT2D eigenvalue weighted by Crippen LogP contribution is -2.32. The number of aryl methyl sites for hydroxylation is 1. The van der Waals surface area contributed by atoms with E-state index < -0.39 is 11.2 Å². The Hall–Kier alpha value is -3.93. The van der Waals surface area contributed by atoms with Crippen LogP contribution in [0.1, 0.15) is 11.1 Å². The number of aromatic nitrogens is 2. The number of hydrogen-bond acceptors (Lipinski definition) is 6. The lowest BCUT2D eigenvalue weighted by Gasteiger charge is -2.14. The van der Waals surface area contributed by atoms with E-state index in [1.165, 1.54) is 13.3 Å². The number of nitrogens with zero attached hydrogens (tertiary/aromatic N) is 2. The number of halogens is 1. The van der Waals surface area contributed by atoms with Crippen molar-refractivity contribution in [2.75, 3.05) is 19.0 Å². The van der Waals surface area contributed by atoms with Gasteiger partial charge < -0.3 is 19.8 Å². The van der Waals surface area contributed by atoms with Gasteiger partial charge in [-0.3, -0.25) is 9.59 Å². The summed E-state index contributed by atoms with van der Waals surface area (Å²) in [4.78, 5) is 40.0. The second kappa shape index (κ2) is 10.6. The molecule has 1 aromatic heterocycles. The molecule has 0 fully saturated rings. The number of para-hydroxylation sites is 2. The van der Waals surface area contributed by atoms with Gasteiger partial charge in [0, 0.05) is 5.69 Å². The van der Waals surface area contributed by atoms with E-state index >= 15 is 0 Å². The minimum atomic E-state index is -0.647. The molecule has 9 nitrogen and oxygen atoms in total. The van der Waals surface area contributed by atoms with Crippen molar-refractivity contribution >= 4 is 51.3 Å². The Morgan fingerprint density at radius 3 is 2.66 bits per heavy atom. The summed E-state index contributed by atoms with van der Waals surface area (Å²) in [7, 11) is 1.48. The van der Waals surface area contributed by atoms with Gasteiger partial charge in [0.05, 0.1) is 27.8 Å². The van der Waals surface area contributed by atoms with Gasteiger partial charge >= 0.3 is 5.69 Å². The molecule has 4 rings (SSSR count). The predicted octanol–water partition coefficient (Wildman–Crippen LogP) is 3.51. The maximum Gasteiger partial charge on any atom is 0.349 e. The number of anilines is 1. The predicted molar refractivity (Wildman–Crippen MR) is 143 cm³/mol. The fourth-order valence-corrected chi connectivity index (χ4v) is 4.16. The molecule has 0 saturated heterocycles. The molecule has 35 heavy (non-hydrogen) atoms. The Balaban J connectivity index is 1.54. The summed E-state index contributed by atoms with van der Waals surface area (Å²) in [6, 6.07) is 17.6. The third-order valence-corrected chi connectivity index (χ3v) is 5.93. The molecule has 4 aromatic rings. The summed E-state index contributed by atoms with van der Waals surface area (Å²) in [5.74, 6) is 0.463. The van der Waals surface area contributed by atoms with E-state index in [0.717, 1.165) is 10.2 Å². The van der Waals surface area contributed by atoms with Crippen molar-refractivity contribution in [3.05, 3.63) is 96.2 Å². The number of hydrogen-bond donors (Lipinski definition) is 2. The largest absolute Gasteiger partial charge is 0.493 e. The molecule has 1 amide bonds. The van der Waals surface area contributed by atoms with Crippen LogP contribution in [0.2, 0.25) is 0 Å². The maximum absolute atomic E-state index is 12.7. The first-order chi connectivity index (χ1) is 16.9. The Morgan fingerprint density at radius 2 is 1.89 bits per heavy atom. The highest BCUT2D eigenvalue weighted by Crippen LogP contribution is 2.33. The minimum absolute atomic E-state index is 0.212. The van der Waals surface area contributed by atoms with E-state index in [1.807, 2.05) is 31.2 Å². The van der Waals surface area contributed by atoms with Crippen LogP contribution in [0, 0.1) is 10.5 Å². The smallest absolute Gasteiger partial charge is 0.349 e. The zero-order valence-electron chi connectivity index (χ0n) is 18.9. The minimum Gasteiger partial charge on any atom is -0.493 e. The molecule has 0 unspecified atom stereocenters. The SMILES string of the molecule is COc1cc(C=Nn2c(=O)[nH]c3ccccc3c2=O)cc(I)c1OCC(=O)Nc1ccccc1C. The van der Waals surface area contributed by atoms with Crippen LogP contribution in [0.4, 0.5) is 5.69 Å². The Morgan fingerprint density at radius 1 is 1.14 bits per heavy atom. The van der Waals surface area contributed by atoms with Gasteiger partial charge in [0.2, 0.25) is 0 Å². The van der Waals surface area contributed by atoms with Crippen LogP contribution in [-0.2, 0) is 4.79 Å². The number of carbonyl (C=O) groups excluding carboxylic acids is 1. The number of carbonyl (C=O) groups is 1. The molecule has 10 heteroatoms. The second-order valence-corrected chi connectivity index (χ2v) is 8.69. The lowest BCUT2D eigenvalue weighted by molar-refractivity contribution is -0.118. The first-order valence-corrected chi connectivity index (χ1v) is 11.6. The van der Waals surface area contributed by atoms with Gasteiger partial charge in [0.1, 0.15) is 0 Å². The summed E-state index contributed by atoms with van der Waals surface area (Å²) < 4.78 is 12.6. The van der Waals surface area contributed by atoms with E-state index in [9.17, 15) is 14.4 Å². The normalized spacial score (nSPS) is 11.1. The number of methoxy groups -OCH3 is 1. The van der Waals surface area contributed by atoms with Gasteiger partial charge in [0.25, 0.3) is 11.5 Å². The number of fused-ring (bicyclic) bond motifs is 1. The molecular weight excluding hydrogens is 563 g/mol. The van der Waals surface area contributed by atoms with E-state index in [1.54, 1.807) is 36.4 Å². The van der Waals surface area contributed by atoms with Gasteiger partial charge in [-0.15, -0.1) is 4.68 Å². The standard InChI is InChI=1S/C25H21IN4O5/c1-15-7-3-5-9-19(15)28-22(31)14-35-23-18(26)11-16(12-21(23)34-2)13-27-30-24(32)17-8-4-6-10-20(17)29-25(30)33/h3-13H,14H2,1-2H3,(H,28,31)(H,29,33). The Bertz CT molecular complexity index is 1560. The fraction of sp³-hybridized carbons (Fsp3) is 0.120. The first-order valence-electron chi connectivity index (χ1n) is 10.5. The number of H-pyrrole nitrogens is 1. The molecule has 0 aliphatic carbocycles. The van der Waals surface area contributed by atoms with Gasteiger partial charge in [-0.1, -0.05) is 30.3 Å². The third kappa shape index (κ3) is 5.43. The Kier molecular flexibility index (Phi) is 7.30. The van der Waals surface area contributed by atoms with Crippen molar-refractivity contribution < 1.29 is 14.3 Å². The molecule has 178 valence electrons. The van der Waals surface area contributed by atoms with Gasteiger partial charge in [-0.2, -0.15) is 5.10 Å². The summed E-state index contributed by atoms with van der Waals surface area (Å²) in [5, 5.41) is 7.24. The highest BCUT2D eigenvalue weighted by atomic mass is 127. The molecule has 1 heterocycles. The van der Waals surface area contributed by atoms with Crippen molar-refractivity contribution in [1.82, 2.24) is 9.66 Å². The monoisotopic (exact) mass is 584 g/mol. The molecule has 3 aromatic carbocycles. The van der Waals surface area contributed by atoms with Crippen molar-refractivity contribution in [2.45, 2.75) is 6.92 Å². The summed E-state index contributed by atoms with van der Waals surface area (Å²) >= 11 is 2.06. The average Bonchev–Trinajstić information content (AvgIpc) is 2.84. The molecular formula is C25H21IN4O5. The number of aromatic amines is 1. The lowest BCUT2D eigenvalue weighted by atomic mass is 10.2. The number of rotatable bonds is 7. The highest BCUT2D eigenvalue weighted by molar-refractivity contribution is 14.1. The van der Waals surface area contributed by atoms with Crippen LogP contribution in [0.15, 0.2) is 75.4 Å². The molecule has 0 saturated carbocycles. The van der Waals surface area contributed by atoms with Gasteiger partial charge in [-0.05, 0) is 71.0 Å². The zero-order valence-corrected chi connectivity index (χ0v) is 21.0. The summed E-state index contributed by atoms with van der Waals surface area (Å²) in [5.41, 5.74) is 1.50. The van der Waals surface area contributed by atoms with Crippen LogP contribution in [0.25, 0.3) is 10.9 Å². The second-order valence-electron chi connectivity index (χ2n) is 7.52. The van der Waals surface area contributed by atoms with Gasteiger partial charge in [0.15, 0.2) is 18.1 Å². The van der Waals surface area contributed by atoms with Crippen LogP contribution in [0.3, 0.4) is 0 Å². The average molecular weight is 584 g/mol. The molecule has 0 aliphatic heterocycles. The number of amides is 1. The number of ether oxygens (including phenoxy) is 2. The van der Waals surface area contributed by atoms with Crippen LogP contribution in [0.5, 0.6) is 11.5 Å². The molecule has 0 aliphatic rings. The van der Waals surface area contributed by atoms with E-state index in [2.05, 4.69) is 38.0 Å². The molecule has 2 N–H and O–H groups in total. The van der Waals surface area contributed by atoms with E-state index in [0.29, 0.717) is 37.2 Å². The van der Waals surface area contributed by atoms with Crippen molar-refractivity contribution in [3.8, 4) is 11.5 Å². The zero-order chi connectivity index (χ0) is 24.9. The van der Waals surface area contributed by atoms with Crippen molar-refractivity contribution in [3.63, 3.8) is 0 Å².